The van der Waals surface area contributed by atoms with E-state index >= 15 is 0 Å². The van der Waals surface area contributed by atoms with Gasteiger partial charge in [0.05, 0.1) is 11.7 Å². The molecule has 2 saturated heterocycles. The van der Waals surface area contributed by atoms with Crippen molar-refractivity contribution in [3.63, 3.8) is 0 Å². The minimum absolute atomic E-state index is 0.0302. The summed E-state index contributed by atoms with van der Waals surface area (Å²) in [5, 5.41) is 5.71. The molecule has 2 aliphatic rings. The lowest BCUT2D eigenvalue weighted by Crippen LogP contribution is -2.45. The van der Waals surface area contributed by atoms with Gasteiger partial charge < -0.3 is 10.1 Å². The van der Waals surface area contributed by atoms with E-state index in [1.165, 1.54) is 16.3 Å². The molecule has 0 radical (unpaired) electrons. The van der Waals surface area contributed by atoms with Crippen LogP contribution in [0.4, 0.5) is 0 Å². The zero-order valence-corrected chi connectivity index (χ0v) is 17.1. The van der Waals surface area contributed by atoms with E-state index in [9.17, 15) is 4.79 Å². The van der Waals surface area contributed by atoms with Crippen molar-refractivity contribution in [2.75, 3.05) is 19.6 Å². The fourth-order valence-electron chi connectivity index (χ4n) is 4.62. The van der Waals surface area contributed by atoms with Gasteiger partial charge in [0.15, 0.2) is 0 Å². The molecule has 150 valence electrons. The first kappa shape index (κ1) is 19.4. The molecule has 1 spiro atoms. The Hall–Kier alpha value is -1.91. The molecule has 4 nitrogen and oxygen atoms in total. The second-order valence-electron chi connectivity index (χ2n) is 8.78. The molecule has 0 bridgehead atoms. The number of fused-ring (bicyclic) bond motifs is 1. The molecule has 2 heterocycles. The van der Waals surface area contributed by atoms with Crippen LogP contribution in [0.15, 0.2) is 42.5 Å². The number of likely N-dealkylation sites (tertiary alicyclic amines) is 1. The molecule has 1 unspecified atom stereocenters. The average molecular weight is 381 g/mol. The van der Waals surface area contributed by atoms with Crippen LogP contribution in [-0.2, 0) is 16.1 Å². The number of nitrogens with zero attached hydrogens (tertiary/aromatic N) is 1. The Morgan fingerprint density at radius 3 is 2.68 bits per heavy atom. The summed E-state index contributed by atoms with van der Waals surface area (Å²) in [5.74, 6) is 0.155. The highest BCUT2D eigenvalue weighted by molar-refractivity contribution is 5.85. The number of hydrogen-bond donors (Lipinski definition) is 1. The summed E-state index contributed by atoms with van der Waals surface area (Å²) >= 11 is 0. The fourth-order valence-corrected chi connectivity index (χ4v) is 4.62. The second kappa shape index (κ2) is 8.22. The minimum Gasteiger partial charge on any atom is -0.370 e. The molecule has 28 heavy (non-hydrogen) atoms. The first-order valence-corrected chi connectivity index (χ1v) is 10.7. The molecule has 0 aliphatic carbocycles. The molecular weight excluding hydrogens is 348 g/mol. The number of piperidine rings is 1. The van der Waals surface area contributed by atoms with Crippen LogP contribution in [-0.4, -0.2) is 42.1 Å². The highest BCUT2D eigenvalue weighted by Crippen LogP contribution is 2.39. The van der Waals surface area contributed by atoms with Gasteiger partial charge in [0.1, 0.15) is 0 Å². The highest BCUT2D eigenvalue weighted by Gasteiger charge is 2.42. The van der Waals surface area contributed by atoms with Gasteiger partial charge >= 0.3 is 0 Å². The van der Waals surface area contributed by atoms with Crippen molar-refractivity contribution < 1.29 is 9.53 Å². The van der Waals surface area contributed by atoms with E-state index in [0.717, 1.165) is 45.3 Å². The van der Waals surface area contributed by atoms with E-state index in [1.54, 1.807) is 0 Å². The lowest BCUT2D eigenvalue weighted by atomic mass is 9.88. The fraction of sp³-hybridized carbons (Fsp3) is 0.542. The first-order chi connectivity index (χ1) is 13.5. The molecule has 2 aromatic rings. The second-order valence-corrected chi connectivity index (χ2v) is 8.78. The summed E-state index contributed by atoms with van der Waals surface area (Å²) in [6.45, 7) is 7.67. The standard InChI is InChI=1S/C24H32N2O2/c1-18(2)23(27)25-16-21-10-11-24(28-21)12-14-26(15-13-24)17-20-8-5-7-19-6-3-4-9-22(19)20/h3-9,18,21H,10-17H2,1-2H3,(H,25,27). The largest absolute Gasteiger partial charge is 0.370 e. The Morgan fingerprint density at radius 1 is 1.14 bits per heavy atom. The number of carbonyl (C=O) groups is 1. The topological polar surface area (TPSA) is 41.6 Å². The summed E-state index contributed by atoms with van der Waals surface area (Å²) < 4.78 is 6.45. The van der Waals surface area contributed by atoms with Crippen LogP contribution in [0.5, 0.6) is 0 Å². The van der Waals surface area contributed by atoms with Crippen LogP contribution in [0.1, 0.15) is 45.1 Å². The number of nitrogens with one attached hydrogen (secondary N) is 1. The van der Waals surface area contributed by atoms with Gasteiger partial charge in [0, 0.05) is 32.1 Å². The Kier molecular flexibility index (Phi) is 5.70. The number of benzene rings is 2. The van der Waals surface area contributed by atoms with Gasteiger partial charge in [0.25, 0.3) is 0 Å². The maximum atomic E-state index is 11.8. The normalized spacial score (nSPS) is 22.2. The van der Waals surface area contributed by atoms with Crippen LogP contribution in [0.25, 0.3) is 10.8 Å². The van der Waals surface area contributed by atoms with E-state index < -0.39 is 0 Å². The van der Waals surface area contributed by atoms with Crippen LogP contribution in [0, 0.1) is 5.92 Å². The highest BCUT2D eigenvalue weighted by atomic mass is 16.5. The molecular formula is C24H32N2O2. The van der Waals surface area contributed by atoms with Gasteiger partial charge in [-0.1, -0.05) is 56.3 Å². The summed E-state index contributed by atoms with van der Waals surface area (Å²) in [4.78, 5) is 14.4. The SMILES string of the molecule is CC(C)C(=O)NCC1CCC2(CCN(Cc3cccc4ccccc34)CC2)O1. The molecule has 0 aromatic heterocycles. The van der Waals surface area contributed by atoms with E-state index in [1.807, 2.05) is 13.8 Å². The molecule has 4 rings (SSSR count). The predicted octanol–water partition coefficient (Wildman–Crippen LogP) is 4.13. The maximum Gasteiger partial charge on any atom is 0.222 e. The van der Waals surface area contributed by atoms with Gasteiger partial charge in [-0.15, -0.1) is 0 Å². The smallest absolute Gasteiger partial charge is 0.222 e. The average Bonchev–Trinajstić information content (AvgIpc) is 3.11. The molecule has 0 saturated carbocycles. The van der Waals surface area contributed by atoms with Crippen molar-refractivity contribution in [2.24, 2.45) is 5.92 Å². The van der Waals surface area contributed by atoms with E-state index in [4.69, 9.17) is 4.74 Å². The zero-order valence-electron chi connectivity index (χ0n) is 17.1. The van der Waals surface area contributed by atoms with Gasteiger partial charge in [-0.2, -0.15) is 0 Å². The van der Waals surface area contributed by atoms with Crippen LogP contribution in [0.2, 0.25) is 0 Å². The van der Waals surface area contributed by atoms with E-state index in [0.29, 0.717) is 6.54 Å². The van der Waals surface area contributed by atoms with Crippen molar-refractivity contribution >= 4 is 16.7 Å². The van der Waals surface area contributed by atoms with Crippen LogP contribution in [0.3, 0.4) is 0 Å². The van der Waals surface area contributed by atoms with Gasteiger partial charge in [-0.05, 0) is 42.0 Å². The van der Waals surface area contributed by atoms with Gasteiger partial charge in [0.2, 0.25) is 5.91 Å². The summed E-state index contributed by atoms with van der Waals surface area (Å²) in [6, 6.07) is 15.3. The Morgan fingerprint density at radius 2 is 1.89 bits per heavy atom. The lowest BCUT2D eigenvalue weighted by molar-refractivity contribution is -0.125. The summed E-state index contributed by atoms with van der Waals surface area (Å²) in [6.07, 6.45) is 4.53. The molecule has 2 aliphatic heterocycles. The number of hydrogen-bond acceptors (Lipinski definition) is 3. The number of amides is 1. The molecule has 1 amide bonds. The first-order valence-electron chi connectivity index (χ1n) is 10.7. The summed E-state index contributed by atoms with van der Waals surface area (Å²) in [5.41, 5.74) is 1.44. The predicted molar refractivity (Wildman–Crippen MR) is 113 cm³/mol. The Balaban J connectivity index is 1.31. The van der Waals surface area contributed by atoms with Crippen molar-refractivity contribution in [1.29, 1.82) is 0 Å². The lowest BCUT2D eigenvalue weighted by Gasteiger charge is -2.39. The third-order valence-electron chi connectivity index (χ3n) is 6.41. The molecule has 2 aromatic carbocycles. The monoisotopic (exact) mass is 380 g/mol. The molecule has 4 heteroatoms. The Bertz CT molecular complexity index is 819. The van der Waals surface area contributed by atoms with Crippen LogP contribution < -0.4 is 5.32 Å². The van der Waals surface area contributed by atoms with Crippen molar-refractivity contribution in [3.05, 3.63) is 48.0 Å². The number of rotatable bonds is 5. The molecule has 1 N–H and O–H groups in total. The van der Waals surface area contributed by atoms with Crippen molar-refractivity contribution in [2.45, 2.75) is 57.8 Å². The molecule has 1 atom stereocenters. The van der Waals surface area contributed by atoms with Crippen molar-refractivity contribution in [1.82, 2.24) is 10.2 Å². The number of ether oxygens (including phenoxy) is 1. The zero-order chi connectivity index (χ0) is 19.6. The third kappa shape index (κ3) is 4.23. The third-order valence-corrected chi connectivity index (χ3v) is 6.41. The summed E-state index contributed by atoms with van der Waals surface area (Å²) in [7, 11) is 0. The Labute approximate surface area is 168 Å². The molecule has 2 fully saturated rings. The van der Waals surface area contributed by atoms with Gasteiger partial charge in [-0.3, -0.25) is 9.69 Å². The quantitative estimate of drug-likeness (QED) is 0.848. The minimum atomic E-state index is 0.0302. The van der Waals surface area contributed by atoms with Gasteiger partial charge in [-0.25, -0.2) is 0 Å². The van der Waals surface area contributed by atoms with Crippen LogP contribution >= 0.6 is 0 Å². The van der Waals surface area contributed by atoms with E-state index in [2.05, 4.69) is 52.7 Å². The van der Waals surface area contributed by atoms with Crippen molar-refractivity contribution in [3.8, 4) is 0 Å². The van der Waals surface area contributed by atoms with E-state index in [-0.39, 0.29) is 23.5 Å². The number of carbonyl (C=O) groups excluding carboxylic acids is 1. The maximum absolute atomic E-state index is 11.8.